The minimum Gasteiger partial charge on any atom is -0.497 e. The standard InChI is InChI=1S/C15H17ClN2O2/c1-17-9-14-13(16)7-8-15(18-14)20-10-11-3-5-12(19-2)6-4-11/h3-8,17H,9-10H2,1-2H3. The molecule has 0 aliphatic rings. The highest BCUT2D eigenvalue weighted by Crippen LogP contribution is 2.19. The van der Waals surface area contributed by atoms with Crippen LogP contribution in [0.3, 0.4) is 0 Å². The third-order valence-electron chi connectivity index (χ3n) is 2.78. The number of methoxy groups -OCH3 is 1. The molecule has 1 aromatic carbocycles. The van der Waals surface area contributed by atoms with Crippen LogP contribution in [0.5, 0.6) is 11.6 Å². The zero-order chi connectivity index (χ0) is 14.4. The molecule has 0 saturated carbocycles. The van der Waals surface area contributed by atoms with Crippen LogP contribution < -0.4 is 14.8 Å². The van der Waals surface area contributed by atoms with Crippen LogP contribution in [0.25, 0.3) is 0 Å². The van der Waals surface area contributed by atoms with E-state index in [2.05, 4.69) is 10.3 Å². The van der Waals surface area contributed by atoms with Crippen LogP contribution in [0, 0.1) is 0 Å². The van der Waals surface area contributed by atoms with E-state index in [1.165, 1.54) is 0 Å². The van der Waals surface area contributed by atoms with E-state index < -0.39 is 0 Å². The van der Waals surface area contributed by atoms with E-state index >= 15 is 0 Å². The summed E-state index contributed by atoms with van der Waals surface area (Å²) in [5.41, 5.74) is 1.83. The van der Waals surface area contributed by atoms with Gasteiger partial charge in [0.2, 0.25) is 5.88 Å². The van der Waals surface area contributed by atoms with Gasteiger partial charge in [0.15, 0.2) is 0 Å². The first-order chi connectivity index (χ1) is 9.72. The lowest BCUT2D eigenvalue weighted by atomic mass is 10.2. The first-order valence-electron chi connectivity index (χ1n) is 6.28. The highest BCUT2D eigenvalue weighted by atomic mass is 35.5. The van der Waals surface area contributed by atoms with Crippen molar-refractivity contribution in [1.29, 1.82) is 0 Å². The average molecular weight is 293 g/mol. The highest BCUT2D eigenvalue weighted by Gasteiger charge is 2.04. The van der Waals surface area contributed by atoms with Crippen molar-refractivity contribution < 1.29 is 9.47 Å². The summed E-state index contributed by atoms with van der Waals surface area (Å²) in [6, 6.07) is 11.3. The number of halogens is 1. The van der Waals surface area contributed by atoms with Gasteiger partial charge >= 0.3 is 0 Å². The van der Waals surface area contributed by atoms with Crippen LogP contribution in [0.4, 0.5) is 0 Å². The molecule has 20 heavy (non-hydrogen) atoms. The summed E-state index contributed by atoms with van der Waals surface area (Å²) in [6.45, 7) is 1.07. The zero-order valence-corrected chi connectivity index (χ0v) is 12.3. The Labute approximate surface area is 123 Å². The van der Waals surface area contributed by atoms with Gasteiger partial charge in [-0.1, -0.05) is 23.7 Å². The fraction of sp³-hybridized carbons (Fsp3) is 0.267. The summed E-state index contributed by atoms with van der Waals surface area (Å²) in [7, 11) is 3.50. The Morgan fingerprint density at radius 2 is 1.90 bits per heavy atom. The Morgan fingerprint density at radius 3 is 2.55 bits per heavy atom. The molecule has 106 valence electrons. The molecule has 1 aromatic heterocycles. The van der Waals surface area contributed by atoms with Crippen molar-refractivity contribution in [2.45, 2.75) is 13.2 Å². The normalized spacial score (nSPS) is 10.3. The number of ether oxygens (including phenoxy) is 2. The lowest BCUT2D eigenvalue weighted by Gasteiger charge is -2.09. The number of nitrogens with zero attached hydrogens (tertiary/aromatic N) is 1. The Hall–Kier alpha value is -1.78. The number of rotatable bonds is 6. The molecule has 0 aliphatic heterocycles. The number of nitrogens with one attached hydrogen (secondary N) is 1. The molecule has 0 radical (unpaired) electrons. The maximum atomic E-state index is 6.05. The first-order valence-corrected chi connectivity index (χ1v) is 6.66. The van der Waals surface area contributed by atoms with Crippen molar-refractivity contribution in [2.75, 3.05) is 14.2 Å². The Bertz CT molecular complexity index is 558. The van der Waals surface area contributed by atoms with Gasteiger partial charge in [0, 0.05) is 12.6 Å². The molecule has 1 heterocycles. The lowest BCUT2D eigenvalue weighted by molar-refractivity contribution is 0.292. The molecular weight excluding hydrogens is 276 g/mol. The van der Waals surface area contributed by atoms with E-state index in [-0.39, 0.29) is 0 Å². The van der Waals surface area contributed by atoms with Gasteiger partial charge in [-0.15, -0.1) is 0 Å². The second-order valence-corrected chi connectivity index (χ2v) is 4.65. The number of pyridine rings is 1. The summed E-state index contributed by atoms with van der Waals surface area (Å²) in [5.74, 6) is 1.39. The number of aromatic nitrogens is 1. The van der Waals surface area contributed by atoms with Crippen molar-refractivity contribution in [3.05, 3.63) is 52.7 Å². The molecule has 2 aromatic rings. The van der Waals surface area contributed by atoms with E-state index in [4.69, 9.17) is 21.1 Å². The molecule has 0 atom stereocenters. The Kier molecular flexibility index (Phi) is 5.21. The summed E-state index contributed by atoms with van der Waals surface area (Å²) >= 11 is 6.05. The van der Waals surface area contributed by atoms with Crippen molar-refractivity contribution in [2.24, 2.45) is 0 Å². The van der Waals surface area contributed by atoms with Gasteiger partial charge in [-0.3, -0.25) is 0 Å². The molecule has 2 rings (SSSR count). The van der Waals surface area contributed by atoms with E-state index in [1.807, 2.05) is 31.3 Å². The van der Waals surface area contributed by atoms with Crippen LogP contribution in [-0.4, -0.2) is 19.1 Å². The van der Waals surface area contributed by atoms with Gasteiger partial charge in [0.25, 0.3) is 0 Å². The zero-order valence-electron chi connectivity index (χ0n) is 11.5. The SMILES string of the molecule is CNCc1nc(OCc2ccc(OC)cc2)ccc1Cl. The van der Waals surface area contributed by atoms with Crippen molar-refractivity contribution >= 4 is 11.6 Å². The largest absolute Gasteiger partial charge is 0.497 e. The van der Waals surface area contributed by atoms with Crippen molar-refractivity contribution in [3.63, 3.8) is 0 Å². The first kappa shape index (κ1) is 14.6. The highest BCUT2D eigenvalue weighted by molar-refractivity contribution is 6.31. The minimum atomic E-state index is 0.456. The number of hydrogen-bond donors (Lipinski definition) is 1. The molecule has 5 heteroatoms. The van der Waals surface area contributed by atoms with Crippen LogP contribution in [-0.2, 0) is 13.2 Å². The number of benzene rings is 1. The number of hydrogen-bond acceptors (Lipinski definition) is 4. The van der Waals surface area contributed by atoms with Crippen LogP contribution in [0.1, 0.15) is 11.3 Å². The molecule has 0 aliphatic carbocycles. The average Bonchev–Trinajstić information content (AvgIpc) is 2.49. The fourth-order valence-corrected chi connectivity index (χ4v) is 1.89. The topological polar surface area (TPSA) is 43.4 Å². The summed E-state index contributed by atoms with van der Waals surface area (Å²) in [6.07, 6.45) is 0. The van der Waals surface area contributed by atoms with E-state index in [1.54, 1.807) is 19.2 Å². The van der Waals surface area contributed by atoms with Gasteiger partial charge in [0.05, 0.1) is 17.8 Å². The predicted octanol–water partition coefficient (Wildman–Crippen LogP) is 3.04. The van der Waals surface area contributed by atoms with Crippen LogP contribution >= 0.6 is 11.6 Å². The molecule has 0 unspecified atom stereocenters. The summed E-state index contributed by atoms with van der Waals surface area (Å²) < 4.78 is 10.8. The summed E-state index contributed by atoms with van der Waals surface area (Å²) in [4.78, 5) is 4.37. The molecule has 4 nitrogen and oxygen atoms in total. The molecule has 0 bridgehead atoms. The fourth-order valence-electron chi connectivity index (χ4n) is 1.72. The Balaban J connectivity index is 2.00. The summed E-state index contributed by atoms with van der Waals surface area (Å²) in [5, 5.41) is 3.66. The maximum absolute atomic E-state index is 6.05. The second-order valence-electron chi connectivity index (χ2n) is 4.25. The molecule has 0 fully saturated rings. The predicted molar refractivity (Wildman–Crippen MR) is 79.3 cm³/mol. The molecular formula is C15H17ClN2O2. The van der Waals surface area contributed by atoms with Gasteiger partial charge in [-0.05, 0) is 30.8 Å². The third kappa shape index (κ3) is 3.85. The van der Waals surface area contributed by atoms with Crippen molar-refractivity contribution in [3.8, 4) is 11.6 Å². The minimum absolute atomic E-state index is 0.456. The third-order valence-corrected chi connectivity index (χ3v) is 3.13. The van der Waals surface area contributed by atoms with Crippen LogP contribution in [0.2, 0.25) is 5.02 Å². The van der Waals surface area contributed by atoms with Gasteiger partial charge in [-0.2, -0.15) is 0 Å². The van der Waals surface area contributed by atoms with E-state index in [0.29, 0.717) is 24.1 Å². The second kappa shape index (κ2) is 7.12. The Morgan fingerprint density at radius 1 is 1.15 bits per heavy atom. The molecule has 0 saturated heterocycles. The quantitative estimate of drug-likeness (QED) is 0.889. The maximum Gasteiger partial charge on any atom is 0.213 e. The monoisotopic (exact) mass is 292 g/mol. The van der Waals surface area contributed by atoms with Gasteiger partial charge in [-0.25, -0.2) is 4.98 Å². The van der Waals surface area contributed by atoms with Gasteiger partial charge in [0.1, 0.15) is 12.4 Å². The molecule has 1 N–H and O–H groups in total. The van der Waals surface area contributed by atoms with E-state index in [0.717, 1.165) is 17.0 Å². The van der Waals surface area contributed by atoms with E-state index in [9.17, 15) is 0 Å². The van der Waals surface area contributed by atoms with Crippen LogP contribution in [0.15, 0.2) is 36.4 Å². The molecule has 0 amide bonds. The van der Waals surface area contributed by atoms with Crippen molar-refractivity contribution in [1.82, 2.24) is 10.3 Å². The molecule has 0 spiro atoms. The lowest BCUT2D eigenvalue weighted by Crippen LogP contribution is -2.08. The smallest absolute Gasteiger partial charge is 0.213 e. The van der Waals surface area contributed by atoms with Gasteiger partial charge < -0.3 is 14.8 Å².